The van der Waals surface area contributed by atoms with E-state index >= 15 is 0 Å². The quantitative estimate of drug-likeness (QED) is 0.597. The van der Waals surface area contributed by atoms with E-state index in [-0.39, 0.29) is 5.97 Å². The summed E-state index contributed by atoms with van der Waals surface area (Å²) in [5, 5.41) is 18.2. The van der Waals surface area contributed by atoms with Gasteiger partial charge in [0.2, 0.25) is 0 Å². The highest BCUT2D eigenvalue weighted by Crippen LogP contribution is 2.07. The summed E-state index contributed by atoms with van der Waals surface area (Å²) in [4.78, 5) is 10.7. The van der Waals surface area contributed by atoms with E-state index in [9.17, 15) is 9.90 Å². The Bertz CT molecular complexity index is 145. The molecule has 4 heteroatoms. The molecule has 0 heterocycles. The Hall–Kier alpha value is -0.610. The van der Waals surface area contributed by atoms with Crippen molar-refractivity contribution in [1.82, 2.24) is 0 Å². The summed E-state index contributed by atoms with van der Waals surface area (Å²) in [6, 6.07) is 0. The highest BCUT2D eigenvalue weighted by atomic mass is 16.5. The van der Waals surface area contributed by atoms with Crippen molar-refractivity contribution in [2.45, 2.75) is 44.8 Å². The zero-order valence-electron chi connectivity index (χ0n) is 8.19. The molecular weight excluding hydrogens is 172 g/mol. The number of carbonyl (C=O) groups is 1. The van der Waals surface area contributed by atoms with Gasteiger partial charge in [-0.15, -0.1) is 0 Å². The minimum absolute atomic E-state index is 0.260. The standard InChI is InChI=1S/C9H18O4/c1-7(10)6-8(11)4-3-5-9(12)13-2/h7-8,10-11H,3-6H2,1-2H3/t7-,8-/m0/s1. The highest BCUT2D eigenvalue weighted by Gasteiger charge is 2.08. The lowest BCUT2D eigenvalue weighted by atomic mass is 10.1. The molecule has 13 heavy (non-hydrogen) atoms. The normalized spacial score (nSPS) is 15.1. The van der Waals surface area contributed by atoms with Gasteiger partial charge in [-0.2, -0.15) is 0 Å². The van der Waals surface area contributed by atoms with Gasteiger partial charge in [0.05, 0.1) is 19.3 Å². The summed E-state index contributed by atoms with van der Waals surface area (Å²) >= 11 is 0. The second-order valence-electron chi connectivity index (χ2n) is 3.21. The molecule has 0 aliphatic carbocycles. The zero-order chi connectivity index (χ0) is 10.3. The van der Waals surface area contributed by atoms with Crippen molar-refractivity contribution in [3.8, 4) is 0 Å². The number of aliphatic hydroxyl groups is 2. The lowest BCUT2D eigenvalue weighted by Crippen LogP contribution is -2.15. The molecule has 0 aromatic rings. The van der Waals surface area contributed by atoms with E-state index in [0.717, 1.165) is 0 Å². The van der Waals surface area contributed by atoms with Crippen LogP contribution in [0.4, 0.5) is 0 Å². The van der Waals surface area contributed by atoms with E-state index in [1.54, 1.807) is 6.92 Å². The highest BCUT2D eigenvalue weighted by molar-refractivity contribution is 5.68. The first-order chi connectivity index (χ1) is 6.06. The number of aliphatic hydroxyl groups excluding tert-OH is 2. The van der Waals surface area contributed by atoms with Crippen molar-refractivity contribution in [2.75, 3.05) is 7.11 Å². The van der Waals surface area contributed by atoms with Crippen LogP contribution in [0.5, 0.6) is 0 Å². The predicted octanol–water partition coefficient (Wildman–Crippen LogP) is 0.461. The molecule has 0 spiro atoms. The number of rotatable bonds is 6. The Morgan fingerprint density at radius 3 is 2.54 bits per heavy atom. The first-order valence-electron chi connectivity index (χ1n) is 4.49. The van der Waals surface area contributed by atoms with Gasteiger partial charge in [-0.1, -0.05) is 0 Å². The molecule has 2 N–H and O–H groups in total. The maximum atomic E-state index is 10.7. The van der Waals surface area contributed by atoms with Gasteiger partial charge in [0.1, 0.15) is 0 Å². The molecule has 2 atom stereocenters. The molecule has 0 aliphatic heterocycles. The number of hydrogen-bond donors (Lipinski definition) is 2. The van der Waals surface area contributed by atoms with E-state index in [1.807, 2.05) is 0 Å². The smallest absolute Gasteiger partial charge is 0.305 e. The fourth-order valence-corrected chi connectivity index (χ4v) is 1.10. The molecule has 0 saturated carbocycles. The average molecular weight is 190 g/mol. The average Bonchev–Trinajstić information content (AvgIpc) is 2.02. The Kier molecular flexibility index (Phi) is 6.54. The topological polar surface area (TPSA) is 66.8 Å². The van der Waals surface area contributed by atoms with Gasteiger partial charge in [0.15, 0.2) is 0 Å². The van der Waals surface area contributed by atoms with E-state index < -0.39 is 12.2 Å². The van der Waals surface area contributed by atoms with Gasteiger partial charge in [0, 0.05) is 6.42 Å². The fraction of sp³-hybridized carbons (Fsp3) is 0.889. The van der Waals surface area contributed by atoms with Crippen LogP contribution in [0.1, 0.15) is 32.6 Å². The van der Waals surface area contributed by atoms with Crippen LogP contribution in [0, 0.1) is 0 Å². The SMILES string of the molecule is COC(=O)CCC[C@H](O)C[C@H](C)O. The van der Waals surface area contributed by atoms with Crippen LogP contribution < -0.4 is 0 Å². The monoisotopic (exact) mass is 190 g/mol. The van der Waals surface area contributed by atoms with Crippen molar-refractivity contribution in [3.63, 3.8) is 0 Å². The summed E-state index contributed by atoms with van der Waals surface area (Å²) in [7, 11) is 1.34. The molecule has 0 bridgehead atoms. The van der Waals surface area contributed by atoms with Crippen LogP contribution in [0.25, 0.3) is 0 Å². The number of hydrogen-bond acceptors (Lipinski definition) is 4. The van der Waals surface area contributed by atoms with Crippen molar-refractivity contribution < 1.29 is 19.7 Å². The third-order valence-corrected chi connectivity index (χ3v) is 1.76. The molecule has 0 fully saturated rings. The lowest BCUT2D eigenvalue weighted by molar-refractivity contribution is -0.140. The predicted molar refractivity (Wildman–Crippen MR) is 48.2 cm³/mol. The Morgan fingerprint density at radius 1 is 1.46 bits per heavy atom. The van der Waals surface area contributed by atoms with Crippen molar-refractivity contribution in [3.05, 3.63) is 0 Å². The number of ether oxygens (including phenoxy) is 1. The van der Waals surface area contributed by atoms with E-state index in [0.29, 0.717) is 25.7 Å². The zero-order valence-corrected chi connectivity index (χ0v) is 8.19. The minimum Gasteiger partial charge on any atom is -0.469 e. The van der Waals surface area contributed by atoms with Crippen LogP contribution in [-0.2, 0) is 9.53 Å². The summed E-state index contributed by atoms with van der Waals surface area (Å²) in [5.74, 6) is -0.260. The summed E-state index contributed by atoms with van der Waals surface area (Å²) in [5.41, 5.74) is 0. The van der Waals surface area contributed by atoms with Crippen LogP contribution in [-0.4, -0.2) is 35.5 Å². The van der Waals surface area contributed by atoms with E-state index in [2.05, 4.69) is 4.74 Å². The van der Waals surface area contributed by atoms with E-state index in [4.69, 9.17) is 5.11 Å². The van der Waals surface area contributed by atoms with Crippen molar-refractivity contribution in [2.24, 2.45) is 0 Å². The van der Waals surface area contributed by atoms with Gasteiger partial charge in [0.25, 0.3) is 0 Å². The van der Waals surface area contributed by atoms with Gasteiger partial charge < -0.3 is 14.9 Å². The molecule has 0 saturated heterocycles. The molecule has 0 unspecified atom stereocenters. The van der Waals surface area contributed by atoms with Crippen LogP contribution >= 0.6 is 0 Å². The molecule has 0 radical (unpaired) electrons. The van der Waals surface area contributed by atoms with Crippen LogP contribution in [0.3, 0.4) is 0 Å². The molecule has 0 aliphatic rings. The molecule has 78 valence electrons. The molecule has 0 amide bonds. The third-order valence-electron chi connectivity index (χ3n) is 1.76. The number of esters is 1. The maximum absolute atomic E-state index is 10.7. The minimum atomic E-state index is -0.523. The molecular formula is C9H18O4. The Balaban J connectivity index is 3.36. The number of carbonyl (C=O) groups excluding carboxylic acids is 1. The van der Waals surface area contributed by atoms with Crippen molar-refractivity contribution >= 4 is 5.97 Å². The van der Waals surface area contributed by atoms with E-state index in [1.165, 1.54) is 7.11 Å². The van der Waals surface area contributed by atoms with Gasteiger partial charge in [-0.25, -0.2) is 0 Å². The molecule has 4 nitrogen and oxygen atoms in total. The second-order valence-corrected chi connectivity index (χ2v) is 3.21. The van der Waals surface area contributed by atoms with Gasteiger partial charge in [-0.3, -0.25) is 4.79 Å². The molecule has 0 rings (SSSR count). The first-order valence-corrected chi connectivity index (χ1v) is 4.49. The Labute approximate surface area is 78.5 Å². The molecule has 0 aromatic heterocycles. The largest absolute Gasteiger partial charge is 0.469 e. The Morgan fingerprint density at radius 2 is 2.08 bits per heavy atom. The van der Waals surface area contributed by atoms with Gasteiger partial charge >= 0.3 is 5.97 Å². The molecule has 0 aromatic carbocycles. The van der Waals surface area contributed by atoms with Crippen molar-refractivity contribution in [1.29, 1.82) is 0 Å². The summed E-state index contributed by atoms with van der Waals surface area (Å²) < 4.78 is 4.44. The fourth-order valence-electron chi connectivity index (χ4n) is 1.10. The third kappa shape index (κ3) is 7.74. The number of methoxy groups -OCH3 is 1. The first kappa shape index (κ1) is 12.4. The second kappa shape index (κ2) is 6.86. The van der Waals surface area contributed by atoms with Crippen LogP contribution in [0.15, 0.2) is 0 Å². The summed E-state index contributed by atoms with van der Waals surface area (Å²) in [6.45, 7) is 1.63. The van der Waals surface area contributed by atoms with Gasteiger partial charge in [-0.05, 0) is 26.2 Å². The maximum Gasteiger partial charge on any atom is 0.305 e. The lowest BCUT2D eigenvalue weighted by Gasteiger charge is -2.11. The van der Waals surface area contributed by atoms with Crippen LogP contribution in [0.2, 0.25) is 0 Å². The summed E-state index contributed by atoms with van der Waals surface area (Å²) in [6.07, 6.45) is 0.799.